The highest BCUT2D eigenvalue weighted by atomic mass is 35.5. The van der Waals surface area contributed by atoms with Gasteiger partial charge < -0.3 is 15.2 Å². The Morgan fingerprint density at radius 3 is 2.89 bits per heavy atom. The molecule has 2 N–H and O–H groups in total. The second kappa shape index (κ2) is 7.96. The molecule has 0 amide bonds. The van der Waals surface area contributed by atoms with Gasteiger partial charge in [0.25, 0.3) is 0 Å². The van der Waals surface area contributed by atoms with Crippen LogP contribution >= 0.6 is 11.6 Å². The summed E-state index contributed by atoms with van der Waals surface area (Å²) < 4.78 is 5.43. The molecule has 1 heterocycles. The third-order valence-electron chi connectivity index (χ3n) is 2.48. The molecule has 0 atom stereocenters. The second-order valence-corrected chi connectivity index (χ2v) is 4.98. The third-order valence-corrected chi connectivity index (χ3v) is 2.78. The van der Waals surface area contributed by atoms with Crippen molar-refractivity contribution in [2.24, 2.45) is 5.92 Å². The number of carbonyl (C=O) groups is 1. The van der Waals surface area contributed by atoms with E-state index in [2.05, 4.69) is 24.1 Å². The van der Waals surface area contributed by atoms with Crippen LogP contribution in [0, 0.1) is 5.92 Å². The van der Waals surface area contributed by atoms with Crippen LogP contribution in [0.4, 0.5) is 5.82 Å². The van der Waals surface area contributed by atoms with E-state index in [1.807, 2.05) is 0 Å². The predicted octanol–water partition coefficient (Wildman–Crippen LogP) is 2.91. The lowest BCUT2D eigenvalue weighted by Crippen LogP contribution is -2.12. The van der Waals surface area contributed by atoms with Crippen molar-refractivity contribution < 1.29 is 14.6 Å². The van der Waals surface area contributed by atoms with Crippen molar-refractivity contribution in [1.29, 1.82) is 0 Å². The molecule has 106 valence electrons. The number of ether oxygens (including phenoxy) is 1. The zero-order valence-electron chi connectivity index (χ0n) is 11.1. The number of carboxylic acids is 1. The maximum Gasteiger partial charge on any atom is 0.337 e. The van der Waals surface area contributed by atoms with Crippen molar-refractivity contribution in [3.05, 3.63) is 22.8 Å². The molecule has 5 nitrogen and oxygen atoms in total. The Hall–Kier alpha value is -1.33. The fraction of sp³-hybridized carbons (Fsp3) is 0.538. The summed E-state index contributed by atoms with van der Waals surface area (Å²) in [5.41, 5.74) is 0.0416. The van der Waals surface area contributed by atoms with Crippen LogP contribution < -0.4 is 5.32 Å². The van der Waals surface area contributed by atoms with Gasteiger partial charge in [-0.15, -0.1) is 0 Å². The maximum atomic E-state index is 10.9. The number of anilines is 1. The van der Waals surface area contributed by atoms with Crippen LogP contribution in [0.2, 0.25) is 5.02 Å². The number of hydrogen-bond acceptors (Lipinski definition) is 4. The first-order chi connectivity index (χ1) is 9.00. The molecule has 0 aliphatic rings. The lowest BCUT2D eigenvalue weighted by molar-refractivity contribution is 0.0697. The second-order valence-electron chi connectivity index (χ2n) is 4.58. The topological polar surface area (TPSA) is 71.5 Å². The molecule has 6 heteroatoms. The SMILES string of the molecule is CC(C)CCOCCNc1cc(C(=O)O)c(Cl)cn1. The molecule has 0 aliphatic heterocycles. The Labute approximate surface area is 117 Å². The molecule has 0 fully saturated rings. The summed E-state index contributed by atoms with van der Waals surface area (Å²) in [5.74, 6) is 0.0434. The van der Waals surface area contributed by atoms with Gasteiger partial charge >= 0.3 is 5.97 Å². The Morgan fingerprint density at radius 2 is 2.26 bits per heavy atom. The average molecular weight is 287 g/mol. The van der Waals surface area contributed by atoms with Gasteiger partial charge in [-0.05, 0) is 18.4 Å². The van der Waals surface area contributed by atoms with Gasteiger partial charge in [-0.2, -0.15) is 0 Å². The number of aromatic carboxylic acids is 1. The maximum absolute atomic E-state index is 10.9. The summed E-state index contributed by atoms with van der Waals surface area (Å²) in [6.45, 7) is 6.15. The number of nitrogens with zero attached hydrogens (tertiary/aromatic N) is 1. The molecule has 0 radical (unpaired) electrons. The fourth-order valence-electron chi connectivity index (χ4n) is 1.37. The molecule has 1 rings (SSSR count). The number of nitrogens with one attached hydrogen (secondary N) is 1. The first-order valence-electron chi connectivity index (χ1n) is 6.21. The van der Waals surface area contributed by atoms with E-state index < -0.39 is 5.97 Å². The van der Waals surface area contributed by atoms with Gasteiger partial charge in [0.2, 0.25) is 0 Å². The minimum absolute atomic E-state index is 0.0416. The molecule has 0 bridgehead atoms. The number of aromatic nitrogens is 1. The van der Waals surface area contributed by atoms with E-state index in [9.17, 15) is 4.79 Å². The fourth-order valence-corrected chi connectivity index (χ4v) is 1.56. The van der Waals surface area contributed by atoms with Crippen LogP contribution in [0.25, 0.3) is 0 Å². The minimum Gasteiger partial charge on any atom is -0.478 e. The van der Waals surface area contributed by atoms with E-state index in [1.54, 1.807) is 0 Å². The molecule has 0 aromatic carbocycles. The van der Waals surface area contributed by atoms with Crippen molar-refractivity contribution >= 4 is 23.4 Å². The Kier molecular flexibility index (Phi) is 6.59. The predicted molar refractivity (Wildman–Crippen MR) is 75.0 cm³/mol. The van der Waals surface area contributed by atoms with Crippen LogP contribution in [0.1, 0.15) is 30.6 Å². The van der Waals surface area contributed by atoms with E-state index in [-0.39, 0.29) is 10.6 Å². The summed E-state index contributed by atoms with van der Waals surface area (Å²) in [7, 11) is 0. The molecule has 1 aromatic heterocycles. The number of carboxylic acid groups (broad SMARTS) is 1. The van der Waals surface area contributed by atoms with E-state index in [1.165, 1.54) is 12.3 Å². The first kappa shape index (κ1) is 15.7. The van der Waals surface area contributed by atoms with Crippen LogP contribution in [-0.4, -0.2) is 35.8 Å². The van der Waals surface area contributed by atoms with Crippen molar-refractivity contribution in [2.45, 2.75) is 20.3 Å². The highest BCUT2D eigenvalue weighted by molar-refractivity contribution is 6.33. The lowest BCUT2D eigenvalue weighted by Gasteiger charge is -2.09. The van der Waals surface area contributed by atoms with Crippen LogP contribution in [0.15, 0.2) is 12.3 Å². The molecule has 0 aliphatic carbocycles. The molecule has 0 saturated heterocycles. The van der Waals surface area contributed by atoms with E-state index in [0.717, 1.165) is 13.0 Å². The van der Waals surface area contributed by atoms with Crippen LogP contribution in [0.5, 0.6) is 0 Å². The normalized spacial score (nSPS) is 10.7. The Bertz CT molecular complexity index is 424. The van der Waals surface area contributed by atoms with Crippen molar-refractivity contribution in [1.82, 2.24) is 4.98 Å². The zero-order chi connectivity index (χ0) is 14.3. The van der Waals surface area contributed by atoms with E-state index in [4.69, 9.17) is 21.4 Å². The standard InChI is InChI=1S/C13H19ClN2O3/c1-9(2)3-5-19-6-4-15-12-7-10(13(17)18)11(14)8-16-12/h7-9H,3-6H2,1-2H3,(H,15,16)(H,17,18). The van der Waals surface area contributed by atoms with Crippen molar-refractivity contribution in [3.63, 3.8) is 0 Å². The third kappa shape index (κ3) is 5.89. The molecule has 0 saturated carbocycles. The quantitative estimate of drug-likeness (QED) is 0.719. The van der Waals surface area contributed by atoms with Gasteiger partial charge in [0.15, 0.2) is 0 Å². The minimum atomic E-state index is -1.07. The van der Waals surface area contributed by atoms with Crippen molar-refractivity contribution in [2.75, 3.05) is 25.1 Å². The number of hydrogen-bond donors (Lipinski definition) is 2. The molecular formula is C13H19ClN2O3. The van der Waals surface area contributed by atoms with Gasteiger partial charge in [-0.1, -0.05) is 25.4 Å². The number of rotatable bonds is 8. The van der Waals surface area contributed by atoms with Gasteiger partial charge in [-0.25, -0.2) is 9.78 Å². The average Bonchev–Trinajstić information content (AvgIpc) is 2.34. The van der Waals surface area contributed by atoms with Gasteiger partial charge in [-0.3, -0.25) is 0 Å². The summed E-state index contributed by atoms with van der Waals surface area (Å²) in [6, 6.07) is 1.42. The van der Waals surface area contributed by atoms with Gasteiger partial charge in [0, 0.05) is 19.3 Å². The van der Waals surface area contributed by atoms with E-state index in [0.29, 0.717) is 24.9 Å². The van der Waals surface area contributed by atoms with Gasteiger partial charge in [0.05, 0.1) is 17.2 Å². The number of halogens is 1. The van der Waals surface area contributed by atoms with E-state index >= 15 is 0 Å². The van der Waals surface area contributed by atoms with Gasteiger partial charge in [0.1, 0.15) is 5.82 Å². The molecule has 1 aromatic rings. The highest BCUT2D eigenvalue weighted by Gasteiger charge is 2.09. The monoisotopic (exact) mass is 286 g/mol. The summed E-state index contributed by atoms with van der Waals surface area (Å²) in [5, 5.41) is 12.0. The molecule has 0 spiro atoms. The van der Waals surface area contributed by atoms with Crippen LogP contribution in [-0.2, 0) is 4.74 Å². The highest BCUT2D eigenvalue weighted by Crippen LogP contribution is 2.17. The summed E-state index contributed by atoms with van der Waals surface area (Å²) in [4.78, 5) is 14.9. The van der Waals surface area contributed by atoms with Crippen molar-refractivity contribution in [3.8, 4) is 0 Å². The molecular weight excluding hydrogens is 268 g/mol. The summed E-state index contributed by atoms with van der Waals surface area (Å²) >= 11 is 5.73. The van der Waals surface area contributed by atoms with Crippen LogP contribution in [0.3, 0.4) is 0 Å². The smallest absolute Gasteiger partial charge is 0.337 e. The number of pyridine rings is 1. The first-order valence-corrected chi connectivity index (χ1v) is 6.59. The molecule has 0 unspecified atom stereocenters. The largest absolute Gasteiger partial charge is 0.478 e. The zero-order valence-corrected chi connectivity index (χ0v) is 11.9. The Morgan fingerprint density at radius 1 is 1.53 bits per heavy atom. The molecule has 19 heavy (non-hydrogen) atoms. The summed E-state index contributed by atoms with van der Waals surface area (Å²) in [6.07, 6.45) is 2.36. The lowest BCUT2D eigenvalue weighted by atomic mass is 10.1. The Balaban J connectivity index is 2.34.